The molecule has 1 aliphatic rings. The molecule has 3 rings (SSSR count). The van der Waals surface area contributed by atoms with Crippen LogP contribution in [-0.4, -0.2) is 35.2 Å². The Bertz CT molecular complexity index is 763. The zero-order chi connectivity index (χ0) is 17.8. The van der Waals surface area contributed by atoms with Crippen molar-refractivity contribution in [3.05, 3.63) is 70.7 Å². The van der Waals surface area contributed by atoms with Crippen molar-refractivity contribution < 1.29 is 9.59 Å². The van der Waals surface area contributed by atoms with Crippen molar-refractivity contribution in [2.45, 2.75) is 19.5 Å². The van der Waals surface area contributed by atoms with Gasteiger partial charge in [-0.05, 0) is 17.2 Å². The van der Waals surface area contributed by atoms with Crippen LogP contribution in [0.3, 0.4) is 0 Å². The van der Waals surface area contributed by atoms with Gasteiger partial charge in [-0.15, -0.1) is 0 Å². The van der Waals surface area contributed by atoms with E-state index < -0.39 is 0 Å². The standard InChI is InChI=1S/C20H21ClN2O2/c1-22(13-16-9-5-6-10-18(16)21)20(25)17-11-19(24)23(14-17)12-15-7-3-2-4-8-15/h2-10,17H,11-14H2,1H3. The minimum absolute atomic E-state index is 0.0103. The van der Waals surface area contributed by atoms with Gasteiger partial charge in [0.1, 0.15) is 0 Å². The van der Waals surface area contributed by atoms with Crippen molar-refractivity contribution in [3.63, 3.8) is 0 Å². The predicted molar refractivity (Wildman–Crippen MR) is 97.9 cm³/mol. The second kappa shape index (κ2) is 7.70. The summed E-state index contributed by atoms with van der Waals surface area (Å²) in [5.74, 6) is -0.263. The van der Waals surface area contributed by atoms with Crippen LogP contribution in [0.2, 0.25) is 5.02 Å². The Hall–Kier alpha value is -2.33. The fourth-order valence-electron chi connectivity index (χ4n) is 3.17. The summed E-state index contributed by atoms with van der Waals surface area (Å²) >= 11 is 6.17. The number of carbonyl (C=O) groups excluding carboxylic acids is 2. The molecule has 0 aromatic heterocycles. The van der Waals surface area contributed by atoms with E-state index in [0.29, 0.717) is 24.7 Å². The molecule has 130 valence electrons. The number of nitrogens with zero attached hydrogens (tertiary/aromatic N) is 2. The largest absolute Gasteiger partial charge is 0.341 e. The Labute approximate surface area is 153 Å². The Morgan fingerprint density at radius 3 is 2.56 bits per heavy atom. The van der Waals surface area contributed by atoms with Crippen LogP contribution in [0.4, 0.5) is 0 Å². The normalized spacial score (nSPS) is 17.0. The fourth-order valence-corrected chi connectivity index (χ4v) is 3.36. The van der Waals surface area contributed by atoms with Gasteiger partial charge in [0.2, 0.25) is 11.8 Å². The molecular formula is C20H21ClN2O2. The minimum Gasteiger partial charge on any atom is -0.341 e. The van der Waals surface area contributed by atoms with Gasteiger partial charge in [0, 0.05) is 38.1 Å². The molecule has 0 radical (unpaired) electrons. The first-order valence-electron chi connectivity index (χ1n) is 8.34. The lowest BCUT2D eigenvalue weighted by Crippen LogP contribution is -2.34. The number of hydrogen-bond donors (Lipinski definition) is 0. The molecular weight excluding hydrogens is 336 g/mol. The van der Waals surface area contributed by atoms with Gasteiger partial charge in [-0.1, -0.05) is 60.1 Å². The van der Waals surface area contributed by atoms with Crippen LogP contribution in [0.5, 0.6) is 0 Å². The first-order valence-corrected chi connectivity index (χ1v) is 8.72. The summed E-state index contributed by atoms with van der Waals surface area (Å²) < 4.78 is 0. The second-order valence-electron chi connectivity index (χ2n) is 6.45. The van der Waals surface area contributed by atoms with E-state index in [0.717, 1.165) is 11.1 Å². The van der Waals surface area contributed by atoms with E-state index in [9.17, 15) is 9.59 Å². The lowest BCUT2D eigenvalue weighted by molar-refractivity contribution is -0.135. The van der Waals surface area contributed by atoms with Gasteiger partial charge in [-0.25, -0.2) is 0 Å². The molecule has 2 aromatic carbocycles. The fraction of sp³-hybridized carbons (Fsp3) is 0.300. The highest BCUT2D eigenvalue weighted by Gasteiger charge is 2.35. The SMILES string of the molecule is CN(Cc1ccccc1Cl)C(=O)C1CC(=O)N(Cc2ccccc2)C1. The molecule has 0 bridgehead atoms. The number of benzene rings is 2. The molecule has 0 aliphatic carbocycles. The Balaban J connectivity index is 1.61. The molecule has 1 atom stereocenters. The predicted octanol–water partition coefficient (Wildman–Crippen LogP) is 3.35. The van der Waals surface area contributed by atoms with E-state index in [-0.39, 0.29) is 24.2 Å². The maximum Gasteiger partial charge on any atom is 0.228 e. The average Bonchev–Trinajstić information content (AvgIpc) is 2.98. The van der Waals surface area contributed by atoms with Gasteiger partial charge in [-0.2, -0.15) is 0 Å². The maximum absolute atomic E-state index is 12.7. The summed E-state index contributed by atoms with van der Waals surface area (Å²) in [7, 11) is 1.76. The zero-order valence-corrected chi connectivity index (χ0v) is 14.9. The highest BCUT2D eigenvalue weighted by molar-refractivity contribution is 6.31. The third kappa shape index (κ3) is 4.20. The highest BCUT2D eigenvalue weighted by atomic mass is 35.5. The van der Waals surface area contributed by atoms with Crippen LogP contribution in [0.15, 0.2) is 54.6 Å². The number of hydrogen-bond acceptors (Lipinski definition) is 2. The van der Waals surface area contributed by atoms with Crippen LogP contribution in [-0.2, 0) is 22.7 Å². The minimum atomic E-state index is -0.288. The number of amides is 2. The second-order valence-corrected chi connectivity index (χ2v) is 6.85. The van der Waals surface area contributed by atoms with Gasteiger partial charge in [0.25, 0.3) is 0 Å². The Kier molecular flexibility index (Phi) is 5.39. The lowest BCUT2D eigenvalue weighted by atomic mass is 10.1. The molecule has 0 spiro atoms. The van der Waals surface area contributed by atoms with Crippen LogP contribution in [0.25, 0.3) is 0 Å². The molecule has 4 nitrogen and oxygen atoms in total. The molecule has 0 saturated carbocycles. The molecule has 2 amide bonds. The molecule has 2 aromatic rings. The summed E-state index contributed by atoms with van der Waals surface area (Å²) in [6.07, 6.45) is 0.276. The van der Waals surface area contributed by atoms with Crippen molar-refractivity contribution in [2.75, 3.05) is 13.6 Å². The first-order chi connectivity index (χ1) is 12.0. The Morgan fingerprint density at radius 2 is 1.84 bits per heavy atom. The summed E-state index contributed by atoms with van der Waals surface area (Å²) in [6.45, 7) is 1.47. The van der Waals surface area contributed by atoms with Crippen molar-refractivity contribution >= 4 is 23.4 Å². The topological polar surface area (TPSA) is 40.6 Å². The van der Waals surface area contributed by atoms with Gasteiger partial charge < -0.3 is 9.80 Å². The summed E-state index contributed by atoms with van der Waals surface area (Å²) in [5, 5.41) is 0.648. The highest BCUT2D eigenvalue weighted by Crippen LogP contribution is 2.23. The third-order valence-corrected chi connectivity index (χ3v) is 4.89. The summed E-state index contributed by atoms with van der Waals surface area (Å²) in [4.78, 5) is 28.4. The summed E-state index contributed by atoms with van der Waals surface area (Å²) in [6, 6.07) is 17.3. The number of carbonyl (C=O) groups is 2. The van der Waals surface area contributed by atoms with Crippen molar-refractivity contribution in [2.24, 2.45) is 5.92 Å². The van der Waals surface area contributed by atoms with Crippen LogP contribution < -0.4 is 0 Å². The lowest BCUT2D eigenvalue weighted by Gasteiger charge is -2.22. The quantitative estimate of drug-likeness (QED) is 0.824. The van der Waals surface area contributed by atoms with Crippen molar-refractivity contribution in [1.29, 1.82) is 0 Å². The molecule has 1 heterocycles. The first kappa shape index (κ1) is 17.5. The average molecular weight is 357 g/mol. The van der Waals surface area contributed by atoms with Crippen LogP contribution in [0.1, 0.15) is 17.5 Å². The van der Waals surface area contributed by atoms with Crippen LogP contribution in [0, 0.1) is 5.92 Å². The third-order valence-electron chi connectivity index (χ3n) is 4.52. The van der Waals surface area contributed by atoms with E-state index in [2.05, 4.69) is 0 Å². The van der Waals surface area contributed by atoms with Gasteiger partial charge in [0.05, 0.1) is 5.92 Å². The van der Waals surface area contributed by atoms with Crippen LogP contribution >= 0.6 is 11.6 Å². The number of halogens is 1. The maximum atomic E-state index is 12.7. The number of likely N-dealkylation sites (tertiary alicyclic amines) is 1. The van der Waals surface area contributed by atoms with E-state index >= 15 is 0 Å². The number of rotatable bonds is 5. The molecule has 1 fully saturated rings. The summed E-state index contributed by atoms with van der Waals surface area (Å²) in [5.41, 5.74) is 1.99. The van der Waals surface area contributed by atoms with E-state index in [1.807, 2.05) is 54.6 Å². The van der Waals surface area contributed by atoms with Gasteiger partial charge in [0.15, 0.2) is 0 Å². The van der Waals surface area contributed by atoms with E-state index in [1.165, 1.54) is 0 Å². The molecule has 1 aliphatic heterocycles. The zero-order valence-electron chi connectivity index (χ0n) is 14.2. The van der Waals surface area contributed by atoms with Gasteiger partial charge in [-0.3, -0.25) is 9.59 Å². The van der Waals surface area contributed by atoms with E-state index in [4.69, 9.17) is 11.6 Å². The molecule has 1 unspecified atom stereocenters. The van der Waals surface area contributed by atoms with E-state index in [1.54, 1.807) is 16.8 Å². The molecule has 1 saturated heterocycles. The smallest absolute Gasteiger partial charge is 0.228 e. The monoisotopic (exact) mass is 356 g/mol. The Morgan fingerprint density at radius 1 is 1.16 bits per heavy atom. The molecule has 0 N–H and O–H groups in total. The van der Waals surface area contributed by atoms with Crippen molar-refractivity contribution in [3.8, 4) is 0 Å². The van der Waals surface area contributed by atoms with Gasteiger partial charge >= 0.3 is 0 Å². The molecule has 5 heteroatoms. The molecule has 25 heavy (non-hydrogen) atoms. The van der Waals surface area contributed by atoms with Crippen molar-refractivity contribution in [1.82, 2.24) is 9.80 Å².